The number of nitrogens with one attached hydrogen (secondary N) is 1. The number of amides is 2. The Bertz CT molecular complexity index is 360. The van der Waals surface area contributed by atoms with Gasteiger partial charge in [-0.3, -0.25) is 9.59 Å². The van der Waals surface area contributed by atoms with Crippen LogP contribution in [0.25, 0.3) is 0 Å². The fourth-order valence-corrected chi connectivity index (χ4v) is 2.32. The predicted molar refractivity (Wildman–Crippen MR) is 69.5 cm³/mol. The molecule has 0 heterocycles. The Morgan fingerprint density at radius 3 is 2.21 bits per heavy atom. The SMILES string of the molecule is CN(C)C(=O)CCCC(=O)NC1(C(=O)O)CCCC1. The Hall–Kier alpha value is -1.59. The highest BCUT2D eigenvalue weighted by Crippen LogP contribution is 2.30. The summed E-state index contributed by atoms with van der Waals surface area (Å²) >= 11 is 0. The van der Waals surface area contributed by atoms with Crippen LogP contribution in [0.4, 0.5) is 0 Å². The molecule has 1 aliphatic rings. The summed E-state index contributed by atoms with van der Waals surface area (Å²) in [5.41, 5.74) is -1.08. The van der Waals surface area contributed by atoms with Crippen molar-refractivity contribution in [2.45, 2.75) is 50.5 Å². The van der Waals surface area contributed by atoms with E-state index < -0.39 is 11.5 Å². The lowest BCUT2D eigenvalue weighted by atomic mass is 9.97. The van der Waals surface area contributed by atoms with E-state index in [0.29, 0.717) is 25.7 Å². The maximum atomic E-state index is 11.8. The minimum absolute atomic E-state index is 0.0263. The summed E-state index contributed by atoms with van der Waals surface area (Å²) in [4.78, 5) is 35.8. The average molecular weight is 270 g/mol. The molecule has 0 spiro atoms. The third kappa shape index (κ3) is 4.22. The van der Waals surface area contributed by atoms with Gasteiger partial charge in [0.1, 0.15) is 5.54 Å². The van der Waals surface area contributed by atoms with Crippen molar-refractivity contribution in [2.75, 3.05) is 14.1 Å². The largest absolute Gasteiger partial charge is 0.480 e. The molecule has 0 aromatic heterocycles. The highest BCUT2D eigenvalue weighted by Gasteiger charge is 2.42. The van der Waals surface area contributed by atoms with E-state index in [9.17, 15) is 19.5 Å². The van der Waals surface area contributed by atoms with Gasteiger partial charge in [0.05, 0.1) is 0 Å². The summed E-state index contributed by atoms with van der Waals surface area (Å²) < 4.78 is 0. The van der Waals surface area contributed by atoms with Gasteiger partial charge in [0.15, 0.2) is 0 Å². The summed E-state index contributed by atoms with van der Waals surface area (Å²) in [5, 5.41) is 11.9. The molecule has 1 aliphatic carbocycles. The molecule has 0 unspecified atom stereocenters. The fraction of sp³-hybridized carbons (Fsp3) is 0.769. The number of carboxylic acids is 1. The molecule has 2 N–H and O–H groups in total. The maximum absolute atomic E-state index is 11.8. The molecule has 0 radical (unpaired) electrons. The minimum Gasteiger partial charge on any atom is -0.480 e. The van der Waals surface area contributed by atoms with Crippen molar-refractivity contribution < 1.29 is 19.5 Å². The van der Waals surface area contributed by atoms with Crippen LogP contribution in [0.15, 0.2) is 0 Å². The Morgan fingerprint density at radius 1 is 1.16 bits per heavy atom. The maximum Gasteiger partial charge on any atom is 0.329 e. The summed E-state index contributed by atoms with van der Waals surface area (Å²) in [6.45, 7) is 0. The van der Waals surface area contributed by atoms with Gasteiger partial charge >= 0.3 is 5.97 Å². The first-order valence-electron chi connectivity index (χ1n) is 6.62. The van der Waals surface area contributed by atoms with E-state index >= 15 is 0 Å². The Kier molecular flexibility index (Phi) is 5.32. The summed E-state index contributed by atoms with van der Waals surface area (Å²) in [6.07, 6.45) is 3.57. The lowest BCUT2D eigenvalue weighted by molar-refractivity contribution is -0.147. The average Bonchev–Trinajstić information content (AvgIpc) is 2.78. The van der Waals surface area contributed by atoms with Crippen molar-refractivity contribution in [3.05, 3.63) is 0 Å². The van der Waals surface area contributed by atoms with Gasteiger partial charge in [0, 0.05) is 26.9 Å². The molecule has 1 fully saturated rings. The molecule has 0 aromatic carbocycles. The highest BCUT2D eigenvalue weighted by atomic mass is 16.4. The van der Waals surface area contributed by atoms with Crippen LogP contribution in [-0.2, 0) is 14.4 Å². The highest BCUT2D eigenvalue weighted by molar-refractivity contribution is 5.87. The Balaban J connectivity index is 2.38. The molecule has 108 valence electrons. The summed E-state index contributed by atoms with van der Waals surface area (Å²) in [7, 11) is 3.33. The van der Waals surface area contributed by atoms with Gasteiger partial charge in [-0.1, -0.05) is 12.8 Å². The minimum atomic E-state index is -1.08. The van der Waals surface area contributed by atoms with Gasteiger partial charge in [-0.15, -0.1) is 0 Å². The number of carbonyl (C=O) groups excluding carboxylic acids is 2. The standard InChI is InChI=1S/C13H22N2O4/c1-15(2)11(17)7-5-6-10(16)14-13(12(18)19)8-3-4-9-13/h3-9H2,1-2H3,(H,14,16)(H,18,19). The predicted octanol–water partition coefficient (Wildman–Crippen LogP) is 0.758. The molecular formula is C13H22N2O4. The van der Waals surface area contributed by atoms with E-state index in [2.05, 4.69) is 5.32 Å². The number of hydrogen-bond donors (Lipinski definition) is 2. The van der Waals surface area contributed by atoms with E-state index in [4.69, 9.17) is 0 Å². The first kappa shape index (κ1) is 15.5. The molecule has 1 saturated carbocycles. The molecule has 0 bridgehead atoms. The Morgan fingerprint density at radius 2 is 1.74 bits per heavy atom. The van der Waals surface area contributed by atoms with Gasteiger partial charge in [0.25, 0.3) is 0 Å². The van der Waals surface area contributed by atoms with Crippen molar-refractivity contribution >= 4 is 17.8 Å². The van der Waals surface area contributed by atoms with Crippen LogP contribution in [0.3, 0.4) is 0 Å². The van der Waals surface area contributed by atoms with E-state index in [-0.39, 0.29) is 18.2 Å². The van der Waals surface area contributed by atoms with E-state index in [1.54, 1.807) is 14.1 Å². The fourth-order valence-electron chi connectivity index (χ4n) is 2.32. The quantitative estimate of drug-likeness (QED) is 0.746. The topological polar surface area (TPSA) is 86.7 Å². The molecule has 6 nitrogen and oxygen atoms in total. The molecule has 19 heavy (non-hydrogen) atoms. The zero-order valence-corrected chi connectivity index (χ0v) is 11.6. The summed E-state index contributed by atoms with van der Waals surface area (Å²) in [5.74, 6) is -1.26. The lowest BCUT2D eigenvalue weighted by Crippen LogP contribution is -2.52. The van der Waals surface area contributed by atoms with Crippen LogP contribution in [0.2, 0.25) is 0 Å². The summed E-state index contributed by atoms with van der Waals surface area (Å²) in [6, 6.07) is 0. The van der Waals surface area contributed by atoms with Crippen molar-refractivity contribution in [2.24, 2.45) is 0 Å². The zero-order chi connectivity index (χ0) is 14.5. The number of nitrogens with zero attached hydrogens (tertiary/aromatic N) is 1. The van der Waals surface area contributed by atoms with Gasteiger partial charge in [-0.2, -0.15) is 0 Å². The first-order chi connectivity index (χ1) is 8.87. The second kappa shape index (κ2) is 6.54. The van der Waals surface area contributed by atoms with E-state index in [1.807, 2.05) is 0 Å². The van der Waals surface area contributed by atoms with Gasteiger partial charge in [-0.25, -0.2) is 4.79 Å². The molecule has 0 aromatic rings. The Labute approximate surface area is 113 Å². The third-order valence-corrected chi connectivity index (χ3v) is 3.54. The normalized spacial score (nSPS) is 16.9. The zero-order valence-electron chi connectivity index (χ0n) is 11.6. The lowest BCUT2D eigenvalue weighted by Gasteiger charge is -2.25. The number of carbonyl (C=O) groups is 3. The van der Waals surface area contributed by atoms with Crippen LogP contribution in [0, 0.1) is 0 Å². The van der Waals surface area contributed by atoms with Crippen LogP contribution in [0.5, 0.6) is 0 Å². The molecule has 0 aliphatic heterocycles. The second-order valence-electron chi connectivity index (χ2n) is 5.28. The van der Waals surface area contributed by atoms with Gasteiger partial charge in [0.2, 0.25) is 11.8 Å². The van der Waals surface area contributed by atoms with Crippen LogP contribution in [0.1, 0.15) is 44.9 Å². The van der Waals surface area contributed by atoms with E-state index in [0.717, 1.165) is 12.8 Å². The third-order valence-electron chi connectivity index (χ3n) is 3.54. The molecule has 0 atom stereocenters. The smallest absolute Gasteiger partial charge is 0.329 e. The molecule has 0 saturated heterocycles. The number of aliphatic carboxylic acids is 1. The molecule has 2 amide bonds. The van der Waals surface area contributed by atoms with Crippen LogP contribution in [-0.4, -0.2) is 47.4 Å². The molecular weight excluding hydrogens is 248 g/mol. The molecule has 1 rings (SSSR count). The van der Waals surface area contributed by atoms with Crippen LogP contribution < -0.4 is 5.32 Å². The first-order valence-corrected chi connectivity index (χ1v) is 6.62. The van der Waals surface area contributed by atoms with Crippen molar-refractivity contribution in [1.29, 1.82) is 0 Å². The van der Waals surface area contributed by atoms with Gasteiger partial charge < -0.3 is 15.3 Å². The molecule has 6 heteroatoms. The van der Waals surface area contributed by atoms with Crippen LogP contribution >= 0.6 is 0 Å². The van der Waals surface area contributed by atoms with E-state index in [1.165, 1.54) is 4.90 Å². The monoisotopic (exact) mass is 270 g/mol. The number of hydrogen-bond acceptors (Lipinski definition) is 3. The second-order valence-corrected chi connectivity index (χ2v) is 5.28. The van der Waals surface area contributed by atoms with Crippen molar-refractivity contribution in [3.8, 4) is 0 Å². The number of rotatable bonds is 6. The van der Waals surface area contributed by atoms with Crippen molar-refractivity contribution in [1.82, 2.24) is 10.2 Å². The van der Waals surface area contributed by atoms with Gasteiger partial charge in [-0.05, 0) is 19.3 Å². The number of carboxylic acid groups (broad SMARTS) is 1. The van der Waals surface area contributed by atoms with Crippen molar-refractivity contribution in [3.63, 3.8) is 0 Å².